The topological polar surface area (TPSA) is 89.9 Å². The molecule has 0 saturated carbocycles. The zero-order valence-corrected chi connectivity index (χ0v) is 19.6. The lowest BCUT2D eigenvalue weighted by Gasteiger charge is -2.29. The molecule has 0 aliphatic carbocycles. The van der Waals surface area contributed by atoms with Gasteiger partial charge in [0.1, 0.15) is 5.69 Å². The smallest absolute Gasteiger partial charge is 0.320 e. The Morgan fingerprint density at radius 3 is 2.74 bits per heavy atom. The first-order chi connectivity index (χ1) is 15.1. The second-order valence-electron chi connectivity index (χ2n) is 6.80. The molecule has 1 aromatic carbocycles. The first-order valence-corrected chi connectivity index (χ1v) is 11.3. The molecule has 164 valence electrons. The van der Waals surface area contributed by atoms with Crippen molar-refractivity contribution in [2.24, 2.45) is 0 Å². The minimum Gasteiger partial charge on any atom is -0.481 e. The van der Waals surface area contributed by atoms with Crippen LogP contribution in [0.4, 0.5) is 5.13 Å². The van der Waals surface area contributed by atoms with Crippen LogP contribution >= 0.6 is 27.3 Å². The summed E-state index contributed by atoms with van der Waals surface area (Å²) in [5.41, 5.74) is 1.02. The molecule has 1 aliphatic heterocycles. The van der Waals surface area contributed by atoms with Gasteiger partial charge in [-0.15, -0.1) is 0 Å². The number of carbonyl (C=O) groups is 1. The summed E-state index contributed by atoms with van der Waals surface area (Å²) >= 11 is 4.96. The minimum atomic E-state index is -0.287. The average molecular weight is 508 g/mol. The molecule has 3 heterocycles. The summed E-state index contributed by atoms with van der Waals surface area (Å²) in [6.45, 7) is 4.24. The molecule has 0 bridgehead atoms. The van der Waals surface area contributed by atoms with Crippen LogP contribution < -0.4 is 14.4 Å². The molecular formula is C20H22BrN5O4S. The van der Waals surface area contributed by atoms with E-state index in [4.69, 9.17) is 19.2 Å². The lowest BCUT2D eigenvalue weighted by atomic mass is 10.3. The van der Waals surface area contributed by atoms with E-state index in [1.807, 2.05) is 18.2 Å². The fourth-order valence-corrected chi connectivity index (χ4v) is 4.74. The molecule has 9 nitrogen and oxygen atoms in total. The van der Waals surface area contributed by atoms with Gasteiger partial charge in [-0.3, -0.25) is 14.6 Å². The lowest BCUT2D eigenvalue weighted by molar-refractivity contribution is 0.0391. The first kappa shape index (κ1) is 21.9. The van der Waals surface area contributed by atoms with E-state index in [1.54, 1.807) is 4.90 Å². The van der Waals surface area contributed by atoms with Gasteiger partial charge in [0.2, 0.25) is 5.88 Å². The Hall–Kier alpha value is -2.34. The number of anilines is 1. The third-order valence-electron chi connectivity index (χ3n) is 4.85. The van der Waals surface area contributed by atoms with Crippen LogP contribution in [-0.4, -0.2) is 79.4 Å². The summed E-state index contributed by atoms with van der Waals surface area (Å²) in [6, 6.07) is 7.45. The molecule has 0 radical (unpaired) electrons. The van der Waals surface area contributed by atoms with Crippen LogP contribution in [0, 0.1) is 0 Å². The zero-order chi connectivity index (χ0) is 21.8. The van der Waals surface area contributed by atoms with Crippen molar-refractivity contribution in [3.05, 3.63) is 34.4 Å². The molecule has 1 aliphatic rings. The van der Waals surface area contributed by atoms with Crippen LogP contribution in [0.3, 0.4) is 0 Å². The SMILES string of the molecule is COc1cc(C(=O)N(CCN2CCOCC2)c2nc3ccc(Br)cc3s2)nc(OC)n1. The third-order valence-corrected chi connectivity index (χ3v) is 6.39. The van der Waals surface area contributed by atoms with Crippen molar-refractivity contribution in [3.63, 3.8) is 0 Å². The summed E-state index contributed by atoms with van der Waals surface area (Å²) in [7, 11) is 2.93. The highest BCUT2D eigenvalue weighted by atomic mass is 79.9. The number of morpholine rings is 1. The summed E-state index contributed by atoms with van der Waals surface area (Å²) in [5, 5.41) is 0.614. The van der Waals surface area contributed by atoms with Crippen molar-refractivity contribution < 1.29 is 19.0 Å². The predicted octanol–water partition coefficient (Wildman–Crippen LogP) is 2.85. The van der Waals surface area contributed by atoms with Crippen molar-refractivity contribution in [2.45, 2.75) is 0 Å². The molecule has 31 heavy (non-hydrogen) atoms. The maximum absolute atomic E-state index is 13.5. The molecule has 3 aromatic rings. The van der Waals surface area contributed by atoms with Crippen LogP contribution in [-0.2, 0) is 4.74 Å². The lowest BCUT2D eigenvalue weighted by Crippen LogP contribution is -2.43. The summed E-state index contributed by atoms with van der Waals surface area (Å²) in [6.07, 6.45) is 0. The van der Waals surface area contributed by atoms with Crippen LogP contribution in [0.25, 0.3) is 10.2 Å². The van der Waals surface area contributed by atoms with Gasteiger partial charge in [-0.2, -0.15) is 9.97 Å². The van der Waals surface area contributed by atoms with Gasteiger partial charge in [0, 0.05) is 36.7 Å². The zero-order valence-electron chi connectivity index (χ0n) is 17.2. The molecule has 1 amide bonds. The molecule has 1 saturated heterocycles. The quantitative estimate of drug-likeness (QED) is 0.482. The van der Waals surface area contributed by atoms with Crippen molar-refractivity contribution in [2.75, 3.05) is 58.5 Å². The molecule has 2 aromatic heterocycles. The van der Waals surface area contributed by atoms with E-state index >= 15 is 0 Å². The van der Waals surface area contributed by atoms with Gasteiger partial charge in [-0.25, -0.2) is 4.98 Å². The Bertz CT molecular complexity index is 1050. The maximum atomic E-state index is 13.5. The highest BCUT2D eigenvalue weighted by molar-refractivity contribution is 9.10. The number of aromatic nitrogens is 3. The number of hydrogen-bond donors (Lipinski definition) is 0. The normalized spacial score (nSPS) is 14.5. The molecule has 0 unspecified atom stereocenters. The number of ether oxygens (including phenoxy) is 3. The van der Waals surface area contributed by atoms with Gasteiger partial charge in [0.25, 0.3) is 5.91 Å². The number of benzene rings is 1. The van der Waals surface area contributed by atoms with Gasteiger partial charge < -0.3 is 14.2 Å². The van der Waals surface area contributed by atoms with Crippen LogP contribution in [0.5, 0.6) is 11.9 Å². The number of fused-ring (bicyclic) bond motifs is 1. The number of amides is 1. The maximum Gasteiger partial charge on any atom is 0.320 e. The fourth-order valence-electron chi connectivity index (χ4n) is 3.20. The number of thiazole rings is 1. The summed E-state index contributed by atoms with van der Waals surface area (Å²) in [4.78, 5) is 30.5. The van der Waals surface area contributed by atoms with Crippen LogP contribution in [0.15, 0.2) is 28.7 Å². The second-order valence-corrected chi connectivity index (χ2v) is 8.73. The van der Waals surface area contributed by atoms with E-state index in [0.717, 1.165) is 27.8 Å². The molecule has 4 rings (SSSR count). The average Bonchev–Trinajstić information content (AvgIpc) is 3.22. The Kier molecular flexibility index (Phi) is 6.96. The number of halogens is 1. The molecule has 1 fully saturated rings. The Morgan fingerprint density at radius 1 is 1.19 bits per heavy atom. The highest BCUT2D eigenvalue weighted by Crippen LogP contribution is 2.32. The molecular weight excluding hydrogens is 486 g/mol. The predicted molar refractivity (Wildman–Crippen MR) is 121 cm³/mol. The van der Waals surface area contributed by atoms with Crippen molar-refractivity contribution in [1.29, 1.82) is 0 Å². The van der Waals surface area contributed by atoms with Gasteiger partial charge >= 0.3 is 6.01 Å². The highest BCUT2D eigenvalue weighted by Gasteiger charge is 2.25. The fraction of sp³-hybridized carbons (Fsp3) is 0.400. The Balaban J connectivity index is 1.67. The number of carbonyl (C=O) groups excluding carboxylic acids is 1. The summed E-state index contributed by atoms with van der Waals surface area (Å²) in [5.74, 6) is -0.0260. The van der Waals surface area contributed by atoms with Gasteiger partial charge in [-0.05, 0) is 18.2 Å². The number of rotatable bonds is 7. The van der Waals surface area contributed by atoms with Crippen LogP contribution in [0.2, 0.25) is 0 Å². The minimum absolute atomic E-state index is 0.0732. The van der Waals surface area contributed by atoms with E-state index in [9.17, 15) is 4.79 Å². The van der Waals surface area contributed by atoms with E-state index in [1.165, 1.54) is 31.6 Å². The van der Waals surface area contributed by atoms with E-state index < -0.39 is 0 Å². The number of methoxy groups -OCH3 is 2. The van der Waals surface area contributed by atoms with Gasteiger partial charge in [-0.1, -0.05) is 27.3 Å². The number of hydrogen-bond acceptors (Lipinski definition) is 9. The third kappa shape index (κ3) is 5.12. The van der Waals surface area contributed by atoms with Crippen molar-refractivity contribution in [3.8, 4) is 11.9 Å². The first-order valence-electron chi connectivity index (χ1n) is 9.72. The molecule has 0 atom stereocenters. The molecule has 0 N–H and O–H groups in total. The molecule has 0 spiro atoms. The Morgan fingerprint density at radius 2 is 2.00 bits per heavy atom. The summed E-state index contributed by atoms with van der Waals surface area (Å²) < 4.78 is 17.7. The van der Waals surface area contributed by atoms with Crippen molar-refractivity contribution >= 4 is 48.5 Å². The second kappa shape index (κ2) is 9.86. The monoisotopic (exact) mass is 507 g/mol. The van der Waals surface area contributed by atoms with Crippen LogP contribution in [0.1, 0.15) is 10.5 Å². The van der Waals surface area contributed by atoms with E-state index in [0.29, 0.717) is 31.4 Å². The Labute approximate surface area is 192 Å². The largest absolute Gasteiger partial charge is 0.481 e. The van der Waals surface area contributed by atoms with Gasteiger partial charge in [0.05, 0.1) is 37.6 Å². The van der Waals surface area contributed by atoms with E-state index in [-0.39, 0.29) is 23.5 Å². The van der Waals surface area contributed by atoms with Crippen molar-refractivity contribution in [1.82, 2.24) is 19.9 Å². The standard InChI is InChI=1S/C20H22BrN5O4S/c1-28-17-12-15(22-19(24-17)29-2)18(27)26(6-5-25-7-9-30-10-8-25)20-23-14-4-3-13(21)11-16(14)31-20/h3-4,11-12H,5-10H2,1-2H3. The van der Waals surface area contributed by atoms with E-state index in [2.05, 4.69) is 30.8 Å². The van der Waals surface area contributed by atoms with Gasteiger partial charge in [0.15, 0.2) is 5.13 Å². The molecule has 11 heteroatoms. The number of nitrogens with zero attached hydrogens (tertiary/aromatic N) is 5.